The van der Waals surface area contributed by atoms with Crippen LogP contribution in [0.4, 0.5) is 0 Å². The Hall–Kier alpha value is -1.62. The number of oxazole rings is 1. The SMILES string of the molecule is Cc1nc(/C=C/CCCCCc2ccc([C@H]3CCN[C@@H]3CO)cc2)co1.Cl. The largest absolute Gasteiger partial charge is 0.449 e. The van der Waals surface area contributed by atoms with Gasteiger partial charge in [0, 0.05) is 18.9 Å². The van der Waals surface area contributed by atoms with Crippen molar-refractivity contribution in [1.82, 2.24) is 10.3 Å². The van der Waals surface area contributed by atoms with Crippen LogP contribution < -0.4 is 5.32 Å². The number of rotatable bonds is 9. The normalized spacial score (nSPS) is 19.5. The second-order valence-electron chi connectivity index (χ2n) is 7.17. The van der Waals surface area contributed by atoms with E-state index in [1.807, 2.05) is 13.0 Å². The van der Waals surface area contributed by atoms with Crippen molar-refractivity contribution in [2.75, 3.05) is 13.2 Å². The fourth-order valence-electron chi connectivity index (χ4n) is 3.72. The predicted molar refractivity (Wildman–Crippen MR) is 112 cm³/mol. The molecule has 0 bridgehead atoms. The number of aliphatic hydroxyl groups is 1. The van der Waals surface area contributed by atoms with Crippen LogP contribution in [-0.2, 0) is 6.42 Å². The van der Waals surface area contributed by atoms with Crippen LogP contribution >= 0.6 is 12.4 Å². The van der Waals surface area contributed by atoms with Crippen molar-refractivity contribution in [3.8, 4) is 0 Å². The van der Waals surface area contributed by atoms with Crippen molar-refractivity contribution in [3.05, 3.63) is 59.3 Å². The fraction of sp³-hybridized carbons (Fsp3) is 0.500. The van der Waals surface area contributed by atoms with Crippen LogP contribution in [0.1, 0.15) is 60.7 Å². The third kappa shape index (κ3) is 6.49. The highest BCUT2D eigenvalue weighted by molar-refractivity contribution is 5.85. The van der Waals surface area contributed by atoms with E-state index in [4.69, 9.17) is 4.42 Å². The molecule has 2 aromatic rings. The summed E-state index contributed by atoms with van der Waals surface area (Å²) >= 11 is 0. The molecule has 0 saturated carbocycles. The first-order valence-corrected chi connectivity index (χ1v) is 9.78. The molecule has 2 atom stereocenters. The monoisotopic (exact) mass is 390 g/mol. The zero-order valence-corrected chi connectivity index (χ0v) is 16.9. The van der Waals surface area contributed by atoms with Crippen molar-refractivity contribution >= 4 is 18.5 Å². The molecule has 1 aromatic carbocycles. The van der Waals surface area contributed by atoms with Gasteiger partial charge in [-0.15, -0.1) is 12.4 Å². The molecule has 0 unspecified atom stereocenters. The van der Waals surface area contributed by atoms with Gasteiger partial charge in [0.25, 0.3) is 0 Å². The molecule has 1 aliphatic heterocycles. The molecule has 1 saturated heterocycles. The highest BCUT2D eigenvalue weighted by atomic mass is 35.5. The molecule has 5 heteroatoms. The van der Waals surface area contributed by atoms with E-state index in [0.717, 1.165) is 31.5 Å². The van der Waals surface area contributed by atoms with Gasteiger partial charge < -0.3 is 14.8 Å². The molecule has 3 rings (SSSR count). The third-order valence-electron chi connectivity index (χ3n) is 5.21. The minimum atomic E-state index is 0. The Morgan fingerprint density at radius 3 is 2.74 bits per heavy atom. The lowest BCUT2D eigenvalue weighted by Gasteiger charge is -2.17. The molecule has 148 valence electrons. The maximum Gasteiger partial charge on any atom is 0.191 e. The fourth-order valence-corrected chi connectivity index (χ4v) is 3.72. The first kappa shape index (κ1) is 21.7. The lowest BCUT2D eigenvalue weighted by molar-refractivity contribution is 0.245. The lowest BCUT2D eigenvalue weighted by atomic mass is 9.91. The Bertz CT molecular complexity index is 697. The lowest BCUT2D eigenvalue weighted by Crippen LogP contribution is -2.29. The first-order chi connectivity index (χ1) is 12.8. The Morgan fingerprint density at radius 1 is 1.22 bits per heavy atom. The first-order valence-electron chi connectivity index (χ1n) is 9.78. The average molecular weight is 391 g/mol. The number of aliphatic hydroxyl groups excluding tert-OH is 1. The van der Waals surface area contributed by atoms with Crippen LogP contribution in [0.3, 0.4) is 0 Å². The summed E-state index contributed by atoms with van der Waals surface area (Å²) in [6.07, 6.45) is 12.9. The molecular weight excluding hydrogens is 360 g/mol. The van der Waals surface area contributed by atoms with Gasteiger partial charge in [-0.05, 0) is 55.9 Å². The number of allylic oxidation sites excluding steroid dienone is 1. The van der Waals surface area contributed by atoms with E-state index in [0.29, 0.717) is 11.8 Å². The van der Waals surface area contributed by atoms with Crippen LogP contribution in [-0.4, -0.2) is 29.3 Å². The van der Waals surface area contributed by atoms with Crippen LogP contribution in [0.5, 0.6) is 0 Å². The summed E-state index contributed by atoms with van der Waals surface area (Å²) in [4.78, 5) is 4.26. The molecule has 1 fully saturated rings. The summed E-state index contributed by atoms with van der Waals surface area (Å²) in [7, 11) is 0. The van der Waals surface area contributed by atoms with E-state index in [1.165, 1.54) is 30.4 Å². The Labute approximate surface area is 168 Å². The number of halogens is 1. The zero-order chi connectivity index (χ0) is 18.2. The number of unbranched alkanes of at least 4 members (excludes halogenated alkanes) is 3. The van der Waals surface area contributed by atoms with Crippen molar-refractivity contribution in [1.29, 1.82) is 0 Å². The summed E-state index contributed by atoms with van der Waals surface area (Å²) < 4.78 is 5.18. The van der Waals surface area contributed by atoms with Gasteiger partial charge in [-0.1, -0.05) is 36.8 Å². The maximum atomic E-state index is 9.45. The molecule has 0 amide bonds. The Morgan fingerprint density at radius 2 is 2.04 bits per heavy atom. The van der Waals surface area contributed by atoms with E-state index < -0.39 is 0 Å². The number of benzene rings is 1. The van der Waals surface area contributed by atoms with Crippen LogP contribution in [0.25, 0.3) is 6.08 Å². The van der Waals surface area contributed by atoms with Crippen molar-refractivity contribution in [2.45, 2.75) is 57.4 Å². The van der Waals surface area contributed by atoms with E-state index >= 15 is 0 Å². The second kappa shape index (κ2) is 11.3. The summed E-state index contributed by atoms with van der Waals surface area (Å²) in [5.41, 5.74) is 3.67. The van der Waals surface area contributed by atoms with E-state index in [-0.39, 0.29) is 25.1 Å². The van der Waals surface area contributed by atoms with Gasteiger partial charge in [-0.2, -0.15) is 0 Å². The second-order valence-corrected chi connectivity index (χ2v) is 7.17. The van der Waals surface area contributed by atoms with Gasteiger partial charge in [0.15, 0.2) is 5.89 Å². The molecule has 0 aliphatic carbocycles. The molecule has 27 heavy (non-hydrogen) atoms. The van der Waals surface area contributed by atoms with Gasteiger partial charge in [0.05, 0.1) is 6.61 Å². The zero-order valence-electron chi connectivity index (χ0n) is 16.1. The Kier molecular flexibility index (Phi) is 9.05. The summed E-state index contributed by atoms with van der Waals surface area (Å²) in [5.74, 6) is 1.17. The molecule has 2 heterocycles. The summed E-state index contributed by atoms with van der Waals surface area (Å²) in [6, 6.07) is 9.23. The van der Waals surface area contributed by atoms with Crippen molar-refractivity contribution in [2.24, 2.45) is 0 Å². The van der Waals surface area contributed by atoms with Gasteiger partial charge in [0.2, 0.25) is 0 Å². The van der Waals surface area contributed by atoms with Gasteiger partial charge >= 0.3 is 0 Å². The van der Waals surface area contributed by atoms with Crippen molar-refractivity contribution < 1.29 is 9.52 Å². The van der Waals surface area contributed by atoms with Gasteiger partial charge in [-0.3, -0.25) is 0 Å². The smallest absolute Gasteiger partial charge is 0.191 e. The van der Waals surface area contributed by atoms with Crippen molar-refractivity contribution in [3.63, 3.8) is 0 Å². The van der Waals surface area contributed by atoms with Crippen LogP contribution in [0, 0.1) is 6.92 Å². The topological polar surface area (TPSA) is 58.3 Å². The molecule has 0 radical (unpaired) electrons. The molecule has 1 aromatic heterocycles. The number of nitrogens with zero attached hydrogens (tertiary/aromatic N) is 1. The highest BCUT2D eigenvalue weighted by Crippen LogP contribution is 2.27. The molecule has 4 nitrogen and oxygen atoms in total. The minimum absolute atomic E-state index is 0. The number of aromatic nitrogens is 1. The number of nitrogens with one attached hydrogen (secondary N) is 1. The summed E-state index contributed by atoms with van der Waals surface area (Å²) in [5, 5.41) is 12.8. The number of hydrogen-bond donors (Lipinski definition) is 2. The molecule has 1 aliphatic rings. The molecule has 2 N–H and O–H groups in total. The van der Waals surface area contributed by atoms with Gasteiger partial charge in [0.1, 0.15) is 12.0 Å². The predicted octanol–water partition coefficient (Wildman–Crippen LogP) is 4.66. The standard InChI is InChI=1S/C22H30N2O2.ClH/c1-17-24-20(16-26-17)8-6-4-2-3-5-7-18-9-11-19(12-10-18)21-13-14-23-22(21)15-25;/h6,8-12,16,21-23,25H,2-5,7,13-15H2,1H3;1H/b8-6+;/t21-,22-;/m1./s1. The molecule has 0 spiro atoms. The van der Waals surface area contributed by atoms with Gasteiger partial charge in [-0.25, -0.2) is 4.98 Å². The van der Waals surface area contributed by atoms with Crippen LogP contribution in [0.2, 0.25) is 0 Å². The quantitative estimate of drug-likeness (QED) is 0.611. The van der Waals surface area contributed by atoms with E-state index in [1.54, 1.807) is 6.26 Å². The highest BCUT2D eigenvalue weighted by Gasteiger charge is 2.27. The Balaban J connectivity index is 0.00000261. The summed E-state index contributed by atoms with van der Waals surface area (Å²) in [6.45, 7) is 3.08. The van der Waals surface area contributed by atoms with E-state index in [2.05, 4.69) is 40.6 Å². The average Bonchev–Trinajstić information content (AvgIpc) is 3.30. The third-order valence-corrected chi connectivity index (χ3v) is 5.21. The maximum absolute atomic E-state index is 9.45. The molecular formula is C22H31ClN2O2. The van der Waals surface area contributed by atoms with Crippen LogP contribution in [0.15, 0.2) is 41.0 Å². The van der Waals surface area contributed by atoms with E-state index in [9.17, 15) is 5.11 Å². The number of aryl methyl sites for hydroxylation is 2. The number of hydrogen-bond acceptors (Lipinski definition) is 4. The minimum Gasteiger partial charge on any atom is -0.449 e.